The quantitative estimate of drug-likeness (QED) is 0.674. The van der Waals surface area contributed by atoms with Gasteiger partial charge in [-0.3, -0.25) is 4.79 Å². The Morgan fingerprint density at radius 2 is 1.68 bits per heavy atom. The van der Waals surface area contributed by atoms with Gasteiger partial charge in [-0.05, 0) is 29.9 Å². The number of halogens is 1. The van der Waals surface area contributed by atoms with Gasteiger partial charge < -0.3 is 5.11 Å². The predicted octanol–water partition coefficient (Wildman–Crippen LogP) is 3.82. The highest BCUT2D eigenvalue weighted by atomic mass is 19.1. The zero-order valence-electron chi connectivity index (χ0n) is 11.6. The number of carboxylic acids is 1. The third-order valence-corrected chi connectivity index (χ3v) is 2.92. The van der Waals surface area contributed by atoms with Crippen LogP contribution >= 0.6 is 0 Å². The Kier molecular flexibility index (Phi) is 4.98. The zero-order valence-corrected chi connectivity index (χ0v) is 11.6. The molecule has 0 spiro atoms. The van der Waals surface area contributed by atoms with Gasteiger partial charge in [0.05, 0.1) is 0 Å². The molecule has 3 nitrogen and oxygen atoms in total. The van der Waals surface area contributed by atoms with Crippen LogP contribution in [0.2, 0.25) is 0 Å². The number of allylic oxidation sites excluding steroid dienone is 1. The van der Waals surface area contributed by atoms with Gasteiger partial charge in [-0.1, -0.05) is 42.5 Å². The number of carboxylic acid groups (broad SMARTS) is 1. The Hall–Kier alpha value is -3.01. The van der Waals surface area contributed by atoms with Gasteiger partial charge in [0.1, 0.15) is 5.82 Å². The number of ketones is 1. The molecule has 0 fully saturated rings. The fourth-order valence-corrected chi connectivity index (χ4v) is 1.81. The first-order valence-corrected chi connectivity index (χ1v) is 6.54. The second-order valence-corrected chi connectivity index (χ2v) is 4.52. The summed E-state index contributed by atoms with van der Waals surface area (Å²) < 4.78 is 13.9. The van der Waals surface area contributed by atoms with Crippen molar-refractivity contribution in [2.24, 2.45) is 0 Å². The van der Waals surface area contributed by atoms with Gasteiger partial charge in [0.2, 0.25) is 0 Å². The van der Waals surface area contributed by atoms with Crippen LogP contribution in [0.25, 0.3) is 12.2 Å². The van der Waals surface area contributed by atoms with E-state index in [-0.39, 0.29) is 11.3 Å². The third kappa shape index (κ3) is 4.24. The van der Waals surface area contributed by atoms with Crippen LogP contribution in [0.15, 0.2) is 60.7 Å². The molecule has 22 heavy (non-hydrogen) atoms. The highest BCUT2D eigenvalue weighted by Gasteiger charge is 2.03. The molecule has 0 aromatic heterocycles. The molecule has 0 bridgehead atoms. The molecule has 0 aliphatic heterocycles. The summed E-state index contributed by atoms with van der Waals surface area (Å²) in [5.74, 6) is -1.84. The van der Waals surface area contributed by atoms with Crippen LogP contribution in [0.3, 0.4) is 0 Å². The summed E-state index contributed by atoms with van der Waals surface area (Å²) in [6.07, 6.45) is 4.94. The van der Waals surface area contributed by atoms with E-state index in [4.69, 9.17) is 5.11 Å². The Bertz CT molecular complexity index is 746. The van der Waals surface area contributed by atoms with Crippen LogP contribution in [0, 0.1) is 5.82 Å². The lowest BCUT2D eigenvalue weighted by Crippen LogP contribution is -1.93. The van der Waals surface area contributed by atoms with Crippen molar-refractivity contribution in [2.75, 3.05) is 0 Å². The van der Waals surface area contributed by atoms with Crippen molar-refractivity contribution < 1.29 is 19.1 Å². The minimum atomic E-state index is -1.10. The molecule has 0 aliphatic carbocycles. The molecule has 0 saturated carbocycles. The molecule has 2 aromatic carbocycles. The molecule has 0 saturated heterocycles. The Balaban J connectivity index is 2.15. The van der Waals surface area contributed by atoms with Crippen LogP contribution in [0.5, 0.6) is 0 Å². The van der Waals surface area contributed by atoms with Gasteiger partial charge in [-0.2, -0.15) is 0 Å². The summed E-state index contributed by atoms with van der Waals surface area (Å²) in [7, 11) is 0. The van der Waals surface area contributed by atoms with E-state index < -0.39 is 11.8 Å². The second kappa shape index (κ2) is 7.13. The van der Waals surface area contributed by atoms with E-state index in [1.807, 2.05) is 6.07 Å². The minimum absolute atomic E-state index is 0.213. The summed E-state index contributed by atoms with van der Waals surface area (Å²) in [5, 5.41) is 8.52. The molecule has 0 radical (unpaired) electrons. The molecular formula is C18H13FO3. The van der Waals surface area contributed by atoms with Crippen LogP contribution in [-0.4, -0.2) is 16.9 Å². The summed E-state index contributed by atoms with van der Waals surface area (Å²) in [4.78, 5) is 22.3. The van der Waals surface area contributed by atoms with Crippen molar-refractivity contribution in [3.8, 4) is 0 Å². The van der Waals surface area contributed by atoms with Crippen molar-refractivity contribution >= 4 is 23.9 Å². The molecule has 0 amide bonds. The Labute approximate surface area is 127 Å². The number of hydrogen-bond donors (Lipinski definition) is 1. The lowest BCUT2D eigenvalue weighted by molar-refractivity contribution is -0.131. The summed E-state index contributed by atoms with van der Waals surface area (Å²) in [6.45, 7) is 0. The molecule has 4 heteroatoms. The predicted molar refractivity (Wildman–Crippen MR) is 82.9 cm³/mol. The van der Waals surface area contributed by atoms with Crippen LogP contribution in [0.1, 0.15) is 21.5 Å². The van der Waals surface area contributed by atoms with E-state index >= 15 is 0 Å². The largest absolute Gasteiger partial charge is 0.478 e. The smallest absolute Gasteiger partial charge is 0.328 e. The molecular weight excluding hydrogens is 283 g/mol. The van der Waals surface area contributed by atoms with Gasteiger partial charge in [0, 0.05) is 17.2 Å². The SMILES string of the molecule is O=C(O)/C=C/c1ccc(/C=C/C(=O)c2ccccc2)c(F)c1. The first-order chi connectivity index (χ1) is 10.6. The minimum Gasteiger partial charge on any atom is -0.478 e. The number of aliphatic carboxylic acids is 1. The normalized spacial score (nSPS) is 11.1. The van der Waals surface area contributed by atoms with Crippen molar-refractivity contribution in [1.82, 2.24) is 0 Å². The molecule has 0 heterocycles. The molecule has 0 unspecified atom stereocenters. The van der Waals surface area contributed by atoms with E-state index in [1.165, 1.54) is 30.4 Å². The van der Waals surface area contributed by atoms with Crippen molar-refractivity contribution in [1.29, 1.82) is 0 Å². The highest BCUT2D eigenvalue weighted by molar-refractivity contribution is 6.06. The van der Waals surface area contributed by atoms with E-state index in [1.54, 1.807) is 30.3 Å². The number of benzene rings is 2. The summed E-state index contributed by atoms with van der Waals surface area (Å²) in [6, 6.07) is 13.0. The van der Waals surface area contributed by atoms with Crippen LogP contribution < -0.4 is 0 Å². The van der Waals surface area contributed by atoms with Crippen molar-refractivity contribution in [3.63, 3.8) is 0 Å². The Morgan fingerprint density at radius 3 is 2.32 bits per heavy atom. The molecule has 1 N–H and O–H groups in total. The van der Waals surface area contributed by atoms with Gasteiger partial charge in [0.25, 0.3) is 0 Å². The van der Waals surface area contributed by atoms with Gasteiger partial charge >= 0.3 is 5.97 Å². The van der Waals surface area contributed by atoms with E-state index in [0.717, 1.165) is 6.08 Å². The first kappa shape index (κ1) is 15.4. The van der Waals surface area contributed by atoms with E-state index in [9.17, 15) is 14.0 Å². The van der Waals surface area contributed by atoms with Crippen molar-refractivity contribution in [3.05, 3.63) is 83.2 Å². The zero-order chi connectivity index (χ0) is 15.9. The van der Waals surface area contributed by atoms with Gasteiger partial charge in [-0.25, -0.2) is 9.18 Å². The number of carbonyl (C=O) groups excluding carboxylic acids is 1. The van der Waals surface area contributed by atoms with Crippen LogP contribution in [-0.2, 0) is 4.79 Å². The molecule has 2 aromatic rings. The highest BCUT2D eigenvalue weighted by Crippen LogP contribution is 2.14. The van der Waals surface area contributed by atoms with Crippen molar-refractivity contribution in [2.45, 2.75) is 0 Å². The molecule has 0 aliphatic rings. The van der Waals surface area contributed by atoms with Crippen LogP contribution in [0.4, 0.5) is 4.39 Å². The topological polar surface area (TPSA) is 54.4 Å². The first-order valence-electron chi connectivity index (χ1n) is 6.54. The monoisotopic (exact) mass is 296 g/mol. The van der Waals surface area contributed by atoms with Gasteiger partial charge in [-0.15, -0.1) is 0 Å². The second-order valence-electron chi connectivity index (χ2n) is 4.52. The van der Waals surface area contributed by atoms with E-state index in [0.29, 0.717) is 11.1 Å². The molecule has 2 rings (SSSR count). The lowest BCUT2D eigenvalue weighted by Gasteiger charge is -1.99. The third-order valence-electron chi connectivity index (χ3n) is 2.92. The fraction of sp³-hybridized carbons (Fsp3) is 0. The average Bonchev–Trinajstić information content (AvgIpc) is 2.52. The molecule has 110 valence electrons. The van der Waals surface area contributed by atoms with E-state index in [2.05, 4.69) is 0 Å². The standard InChI is InChI=1S/C18H13FO3/c19-16-12-13(7-11-18(21)22)6-8-14(16)9-10-17(20)15-4-2-1-3-5-15/h1-12H,(H,21,22)/b10-9+,11-7+. The fourth-order valence-electron chi connectivity index (χ4n) is 1.81. The van der Waals surface area contributed by atoms with Gasteiger partial charge in [0.15, 0.2) is 5.78 Å². The molecule has 0 atom stereocenters. The average molecular weight is 296 g/mol. The lowest BCUT2D eigenvalue weighted by atomic mass is 10.1. The number of rotatable bonds is 5. The Morgan fingerprint density at radius 1 is 0.955 bits per heavy atom. The maximum Gasteiger partial charge on any atom is 0.328 e. The summed E-state index contributed by atoms with van der Waals surface area (Å²) in [5.41, 5.74) is 1.23. The summed E-state index contributed by atoms with van der Waals surface area (Å²) >= 11 is 0. The number of hydrogen-bond acceptors (Lipinski definition) is 2. The maximum atomic E-state index is 13.9. The number of carbonyl (C=O) groups is 2. The maximum absolute atomic E-state index is 13.9.